The zero-order valence-corrected chi connectivity index (χ0v) is 15.4. The molecule has 25 heavy (non-hydrogen) atoms. The van der Waals surface area contributed by atoms with Gasteiger partial charge in [0.2, 0.25) is 0 Å². The second kappa shape index (κ2) is 8.67. The first-order valence-electron chi connectivity index (χ1n) is 9.52. The van der Waals surface area contributed by atoms with Crippen molar-refractivity contribution in [1.29, 1.82) is 0 Å². The van der Waals surface area contributed by atoms with Gasteiger partial charge < -0.3 is 15.4 Å². The Bertz CT molecular complexity index is 536. The van der Waals surface area contributed by atoms with E-state index in [1.54, 1.807) is 6.20 Å². The van der Waals surface area contributed by atoms with E-state index in [-0.39, 0.29) is 18.1 Å². The fourth-order valence-corrected chi connectivity index (χ4v) is 4.04. The molecule has 2 aliphatic rings. The zero-order chi connectivity index (χ0) is 17.6. The number of nitrogens with one attached hydrogen (secondary N) is 2. The number of amides is 2. The number of nitrogens with zero attached hydrogens (tertiary/aromatic N) is 3. The summed E-state index contributed by atoms with van der Waals surface area (Å²) in [5.74, 6) is 0. The average Bonchev–Trinajstić information content (AvgIpc) is 3.15. The molecule has 2 amide bonds. The number of carbonyl (C=O) groups excluding carboxylic acids is 1. The van der Waals surface area contributed by atoms with Gasteiger partial charge in [0.05, 0.1) is 25.3 Å². The number of urea groups is 1. The van der Waals surface area contributed by atoms with Gasteiger partial charge in [-0.05, 0) is 32.8 Å². The number of hydrogen-bond donors (Lipinski definition) is 2. The first-order valence-corrected chi connectivity index (χ1v) is 9.52. The lowest BCUT2D eigenvalue weighted by molar-refractivity contribution is -0.0176. The minimum atomic E-state index is -0.0724. The van der Waals surface area contributed by atoms with Gasteiger partial charge in [-0.3, -0.25) is 9.58 Å². The van der Waals surface area contributed by atoms with Crippen LogP contribution in [0.15, 0.2) is 18.5 Å². The first-order chi connectivity index (χ1) is 12.1. The molecule has 1 saturated heterocycles. The summed E-state index contributed by atoms with van der Waals surface area (Å²) >= 11 is 0. The van der Waals surface area contributed by atoms with Crippen molar-refractivity contribution in [2.24, 2.45) is 0 Å². The van der Waals surface area contributed by atoms with E-state index in [2.05, 4.69) is 34.5 Å². The number of rotatable bonds is 5. The molecule has 0 spiro atoms. The van der Waals surface area contributed by atoms with Gasteiger partial charge in [-0.25, -0.2) is 4.79 Å². The van der Waals surface area contributed by atoms with Crippen molar-refractivity contribution < 1.29 is 9.53 Å². The Morgan fingerprint density at radius 2 is 2.24 bits per heavy atom. The molecule has 7 nitrogen and oxygen atoms in total. The predicted molar refractivity (Wildman–Crippen MR) is 96.5 cm³/mol. The Labute approximate surface area is 150 Å². The van der Waals surface area contributed by atoms with E-state index in [0.717, 1.165) is 39.0 Å². The number of hydrogen-bond acceptors (Lipinski definition) is 4. The van der Waals surface area contributed by atoms with Crippen LogP contribution in [0.25, 0.3) is 0 Å². The maximum absolute atomic E-state index is 12.4. The normalized spacial score (nSPS) is 29.1. The van der Waals surface area contributed by atoms with Crippen molar-refractivity contribution in [3.8, 4) is 0 Å². The van der Waals surface area contributed by atoms with Crippen molar-refractivity contribution in [2.75, 3.05) is 26.3 Å². The molecule has 1 aromatic rings. The van der Waals surface area contributed by atoms with E-state index in [4.69, 9.17) is 4.74 Å². The lowest BCUT2D eigenvalue weighted by atomic mass is 9.90. The van der Waals surface area contributed by atoms with Crippen LogP contribution >= 0.6 is 0 Å². The number of morpholine rings is 1. The lowest BCUT2D eigenvalue weighted by Gasteiger charge is -2.38. The molecule has 7 heteroatoms. The molecule has 140 valence electrons. The van der Waals surface area contributed by atoms with Crippen molar-refractivity contribution in [1.82, 2.24) is 25.3 Å². The van der Waals surface area contributed by atoms with Crippen LogP contribution < -0.4 is 10.6 Å². The summed E-state index contributed by atoms with van der Waals surface area (Å²) in [6.07, 6.45) is 8.21. The molecule has 0 bridgehead atoms. The molecule has 1 saturated carbocycles. The summed E-state index contributed by atoms with van der Waals surface area (Å²) in [6, 6.07) is 2.97. The smallest absolute Gasteiger partial charge is 0.315 e. The highest BCUT2D eigenvalue weighted by molar-refractivity contribution is 5.74. The van der Waals surface area contributed by atoms with Crippen LogP contribution in [0.2, 0.25) is 0 Å². The third-order valence-corrected chi connectivity index (χ3v) is 5.45. The minimum Gasteiger partial charge on any atom is -0.379 e. The van der Waals surface area contributed by atoms with Gasteiger partial charge >= 0.3 is 6.03 Å². The van der Waals surface area contributed by atoms with Gasteiger partial charge in [-0.15, -0.1) is 0 Å². The van der Waals surface area contributed by atoms with Crippen molar-refractivity contribution in [2.45, 2.75) is 63.7 Å². The molecule has 1 aromatic heterocycles. The summed E-state index contributed by atoms with van der Waals surface area (Å²) in [5, 5.41) is 10.6. The zero-order valence-electron chi connectivity index (χ0n) is 15.4. The van der Waals surface area contributed by atoms with Crippen LogP contribution in [0.4, 0.5) is 4.79 Å². The molecule has 0 aromatic carbocycles. The monoisotopic (exact) mass is 349 g/mol. The minimum absolute atomic E-state index is 0.0724. The standard InChI is InChI=1S/C18H31N5O2/c1-14(22-10-11-25-13-15(22)2)12-19-18(24)21-16-6-3-4-7-17(16)23-9-5-8-20-23/h5,8-9,14-17H,3-4,6-7,10-13H2,1-2H3,(H2,19,21,24)/t14-,15+,16-,17+/m1/s1. The maximum atomic E-state index is 12.4. The number of ether oxygens (including phenoxy) is 1. The highest BCUT2D eigenvalue weighted by Crippen LogP contribution is 2.28. The van der Waals surface area contributed by atoms with Crippen LogP contribution in [-0.4, -0.2) is 65.1 Å². The van der Waals surface area contributed by atoms with Gasteiger partial charge in [-0.1, -0.05) is 12.8 Å². The quantitative estimate of drug-likeness (QED) is 0.850. The van der Waals surface area contributed by atoms with Crippen LogP contribution in [-0.2, 0) is 4.74 Å². The molecular formula is C18H31N5O2. The van der Waals surface area contributed by atoms with E-state index >= 15 is 0 Å². The van der Waals surface area contributed by atoms with E-state index in [1.807, 2.05) is 16.9 Å². The second-order valence-electron chi connectivity index (χ2n) is 7.31. The third-order valence-electron chi connectivity index (χ3n) is 5.45. The van der Waals surface area contributed by atoms with E-state index in [0.29, 0.717) is 18.6 Å². The Hall–Kier alpha value is -1.60. The highest BCUT2D eigenvalue weighted by Gasteiger charge is 2.29. The predicted octanol–water partition coefficient (Wildman–Crippen LogP) is 1.78. The SMILES string of the molecule is C[C@H](CNC(=O)N[C@@H]1CCCC[C@@H]1n1cccn1)N1CCOC[C@@H]1C. The molecule has 2 N–H and O–H groups in total. The van der Waals surface area contributed by atoms with E-state index in [1.165, 1.54) is 6.42 Å². The molecule has 4 atom stereocenters. The van der Waals surface area contributed by atoms with E-state index < -0.39 is 0 Å². The summed E-state index contributed by atoms with van der Waals surface area (Å²) < 4.78 is 7.47. The summed E-state index contributed by atoms with van der Waals surface area (Å²) in [6.45, 7) is 7.45. The Morgan fingerprint density at radius 1 is 1.40 bits per heavy atom. The fourth-order valence-electron chi connectivity index (χ4n) is 4.04. The summed E-state index contributed by atoms with van der Waals surface area (Å²) in [4.78, 5) is 14.8. The fraction of sp³-hybridized carbons (Fsp3) is 0.778. The highest BCUT2D eigenvalue weighted by atomic mass is 16.5. The maximum Gasteiger partial charge on any atom is 0.315 e. The Morgan fingerprint density at radius 3 is 3.00 bits per heavy atom. The van der Waals surface area contributed by atoms with Gasteiger partial charge in [-0.2, -0.15) is 5.10 Å². The van der Waals surface area contributed by atoms with Gasteiger partial charge in [0.15, 0.2) is 0 Å². The lowest BCUT2D eigenvalue weighted by Crippen LogP contribution is -2.54. The van der Waals surface area contributed by atoms with Gasteiger partial charge in [0.25, 0.3) is 0 Å². The Balaban J connectivity index is 1.48. The van der Waals surface area contributed by atoms with Crippen LogP contribution in [0.1, 0.15) is 45.6 Å². The van der Waals surface area contributed by atoms with Crippen LogP contribution in [0, 0.1) is 0 Å². The molecule has 3 rings (SSSR count). The summed E-state index contributed by atoms with van der Waals surface area (Å²) in [5.41, 5.74) is 0. The molecule has 1 aliphatic heterocycles. The molecule has 1 aliphatic carbocycles. The Kier molecular flexibility index (Phi) is 6.31. The second-order valence-corrected chi connectivity index (χ2v) is 7.31. The van der Waals surface area contributed by atoms with Crippen molar-refractivity contribution in [3.63, 3.8) is 0 Å². The molecule has 2 fully saturated rings. The largest absolute Gasteiger partial charge is 0.379 e. The number of carbonyl (C=O) groups is 1. The van der Waals surface area contributed by atoms with Crippen molar-refractivity contribution in [3.05, 3.63) is 18.5 Å². The molecular weight excluding hydrogens is 318 g/mol. The molecule has 0 unspecified atom stereocenters. The molecule has 2 heterocycles. The van der Waals surface area contributed by atoms with Gasteiger partial charge in [0.1, 0.15) is 0 Å². The van der Waals surface area contributed by atoms with Gasteiger partial charge in [0, 0.05) is 37.6 Å². The summed E-state index contributed by atoms with van der Waals surface area (Å²) in [7, 11) is 0. The average molecular weight is 349 g/mol. The number of aromatic nitrogens is 2. The first kappa shape index (κ1) is 18.2. The third kappa shape index (κ3) is 4.73. The van der Waals surface area contributed by atoms with Crippen LogP contribution in [0.3, 0.4) is 0 Å². The van der Waals surface area contributed by atoms with Crippen molar-refractivity contribution >= 4 is 6.03 Å². The molecule has 0 radical (unpaired) electrons. The van der Waals surface area contributed by atoms with E-state index in [9.17, 15) is 4.79 Å². The topological polar surface area (TPSA) is 71.4 Å². The van der Waals surface area contributed by atoms with Crippen LogP contribution in [0.5, 0.6) is 0 Å².